The number of ether oxygens (including phenoxy) is 12. The summed E-state index contributed by atoms with van der Waals surface area (Å²) in [5.74, 6) is 1.24. The van der Waals surface area contributed by atoms with Gasteiger partial charge in [-0.3, -0.25) is 13.8 Å². The van der Waals surface area contributed by atoms with E-state index in [-0.39, 0.29) is 120 Å². The van der Waals surface area contributed by atoms with Crippen LogP contribution in [-0.4, -0.2) is 269 Å². The van der Waals surface area contributed by atoms with E-state index in [1.165, 1.54) is 22.3 Å². The van der Waals surface area contributed by atoms with Crippen molar-refractivity contribution >= 4 is 66.0 Å². The van der Waals surface area contributed by atoms with Gasteiger partial charge < -0.3 is 102 Å². The number of aliphatic hydroxyl groups is 5. The molecule has 6 aromatic rings. The molecule has 4 aliphatic heterocycles. The second kappa shape index (κ2) is 41.5. The summed E-state index contributed by atoms with van der Waals surface area (Å²) in [6.45, 7) is 22.5. The third kappa shape index (κ3) is 22.7. The SMILES string of the molecule is COCC1=CC(=O)[C@H]2OC(C)(C)OC12.COC[C@@H]1CC(=O)[C@H]2OC(C)(C)OC12.COC[C@@H]1C[C@@H](n2ccc3c(NC4CCc5ccccc54)ncnc32)[C@@H](O)C1C.COC[C@@H]1C[C@@H]2OS(=O)(=O)O[C@H]2C1C.COC[C@@H]1C[C@H](O)[C@@H](O)C1C.COC[C@]1(C)C[C@H](O)[C@H]2OC(C)(C)OC21.NS(=O)(=O)OC[C@@H]1C[C@@H](n2ccc3c(NC4CCc5ccccc54)ncnc32)CC1O. The monoisotopic (exact) mass is 1830 g/mol. The molecule has 26 atom stereocenters. The molecular formula is C91H133N9O26S2. The molecule has 9 aliphatic carbocycles. The van der Waals surface area contributed by atoms with Gasteiger partial charge in [0.05, 0.1) is 98.1 Å². The Morgan fingerprint density at radius 3 is 1.62 bits per heavy atom. The van der Waals surface area contributed by atoms with Crippen molar-refractivity contribution in [3.63, 3.8) is 0 Å². The molecule has 9 N–H and O–H groups in total. The Bertz CT molecular complexity index is 5020. The number of carbonyl (C=O) groups is 2. The summed E-state index contributed by atoms with van der Waals surface area (Å²) in [6, 6.07) is 21.6. The van der Waals surface area contributed by atoms with Crippen molar-refractivity contribution < 1.29 is 121 Å². The van der Waals surface area contributed by atoms with E-state index >= 15 is 0 Å². The fourth-order valence-corrected chi connectivity index (χ4v) is 22.5. The van der Waals surface area contributed by atoms with Crippen molar-refractivity contribution in [3.05, 3.63) is 120 Å². The number of rotatable bonds is 21. The van der Waals surface area contributed by atoms with Crippen LogP contribution in [0.5, 0.6) is 0 Å². The van der Waals surface area contributed by atoms with Crippen LogP contribution < -0.4 is 15.8 Å². The molecule has 9 unspecified atom stereocenters. The van der Waals surface area contributed by atoms with Gasteiger partial charge in [-0.2, -0.15) is 16.8 Å². The summed E-state index contributed by atoms with van der Waals surface area (Å²) in [4.78, 5) is 41.1. The molecule has 0 amide bonds. The largest absolute Gasteiger partial charge is 0.400 e. The van der Waals surface area contributed by atoms with Crippen LogP contribution in [0.3, 0.4) is 0 Å². The third-order valence-corrected chi connectivity index (χ3v) is 28.8. The summed E-state index contributed by atoms with van der Waals surface area (Å²) < 4.78 is 127. The normalized spacial score (nSPS) is 35.4. The zero-order valence-corrected chi connectivity index (χ0v) is 77.8. The number of Topliss-reactive ketones (excluding diaryl/α,β-unsaturated/α-hetero) is 1. The van der Waals surface area contributed by atoms with Crippen LogP contribution in [0.1, 0.15) is 173 Å². The van der Waals surface area contributed by atoms with Gasteiger partial charge in [0.2, 0.25) is 0 Å². The number of nitrogens with two attached hydrogens (primary N) is 1. The standard InChI is InChI=1S/C23H28N4O2.C21H25N5O4S.C11H20O4.C10H16O4.C10H14O4.C8H14O5S.C8H16O3/c1-14-16(12-29-2)11-20(21(14)28)27-10-9-18-22(24-13-25-23(18)27)26-19-8-7-15-5-3-4-6-17(15)19;22-31(28,29)30-11-14-9-15(10-19(14)27)26-8-7-17-20(23-12-24-21(17)26)25-18-6-5-13-3-1-2-4-16(13)18;1-10(2)14-8-7(12)5-11(3,6-13-4)9(8)15-10;2*1-10(2)13-8-6(5-12-3)4-7(11)9(8)14-10;1-5-6(4-11-2)3-7-8(5)13-14(9,10)12-7;1-5-6(4-11-2)3-7(9)8(5)10/h3-6,9-10,13-14,16,19-21,28H,7-8,11-12H2,1-2H3,(H,24,25,26);1-4,7-8,12,14-15,18-19,27H,5-6,9-11H2,(H2,22,28,29)(H,23,24,25);7-9,12H,5-6H2,1-4H3;6,8-9H,4-5H2,1-3H3;4,8-9H,5H2,1-3H3;5-8H,3-4H2,1-2H3;5-10H,3-4H2,1-2H3/t14?,16-,19?,20+,21-;14-,15+,18?,19?;7-,8+,9?,11-;6-,8?,9+;8?,9-;2*5?,6-,7-,8-/m0000100/s1. The molecule has 4 aromatic heterocycles. The van der Waals surface area contributed by atoms with Crippen molar-refractivity contribution in [2.24, 2.45) is 57.9 Å². The van der Waals surface area contributed by atoms with Crippen molar-refractivity contribution in [2.75, 3.05) is 99.5 Å². The maximum absolute atomic E-state index is 11.6. The van der Waals surface area contributed by atoms with Crippen molar-refractivity contribution in [1.82, 2.24) is 29.1 Å². The van der Waals surface area contributed by atoms with E-state index in [2.05, 4.69) is 104 Å². The lowest BCUT2D eigenvalue weighted by molar-refractivity contribution is -0.177. The number of nitrogens with one attached hydrogen (secondary N) is 2. The van der Waals surface area contributed by atoms with Crippen LogP contribution >= 0.6 is 0 Å². The van der Waals surface area contributed by atoms with Crippen LogP contribution in [0.15, 0.2) is 97.4 Å². The van der Waals surface area contributed by atoms with Crippen molar-refractivity contribution in [2.45, 2.75) is 261 Å². The second-order valence-corrected chi connectivity index (χ2v) is 40.4. The highest BCUT2D eigenvalue weighted by Gasteiger charge is 2.60. The minimum absolute atomic E-state index is 0.0117. The lowest BCUT2D eigenvalue weighted by Crippen LogP contribution is -2.36. The first-order valence-electron chi connectivity index (χ1n) is 44.5. The van der Waals surface area contributed by atoms with Crippen LogP contribution in [0.25, 0.3) is 22.1 Å². The van der Waals surface area contributed by atoms with Gasteiger partial charge in [-0.15, -0.1) is 0 Å². The Labute approximate surface area is 750 Å². The number of methoxy groups -OCH3 is 6. The zero-order chi connectivity index (χ0) is 92.3. The first kappa shape index (κ1) is 98.9. The predicted molar refractivity (Wildman–Crippen MR) is 469 cm³/mol. The fourth-order valence-electron chi connectivity index (χ4n) is 21.0. The summed E-state index contributed by atoms with van der Waals surface area (Å²) in [5.41, 5.74) is 7.85. The fraction of sp³-hybridized carbons (Fsp3) is 0.692. The van der Waals surface area contributed by atoms with Gasteiger partial charge in [-0.25, -0.2) is 33.4 Å². The molecule has 2 aromatic carbocycles. The van der Waals surface area contributed by atoms with E-state index in [1.54, 1.807) is 61.4 Å². The van der Waals surface area contributed by atoms with Gasteiger partial charge in [0.15, 0.2) is 35.0 Å². The smallest absolute Gasteiger partial charge is 0.393 e. The van der Waals surface area contributed by atoms with Gasteiger partial charge in [0.25, 0.3) is 0 Å². The average Bonchev–Trinajstić information content (AvgIpc) is 1.58. The summed E-state index contributed by atoms with van der Waals surface area (Å²) >= 11 is 0. The molecule has 6 saturated carbocycles. The quantitative estimate of drug-likeness (QED) is 0.0335. The van der Waals surface area contributed by atoms with E-state index in [0.29, 0.717) is 95.9 Å². The molecule has 19 rings (SSSR count). The van der Waals surface area contributed by atoms with E-state index in [4.69, 9.17) is 74.5 Å². The number of aryl methyl sites for hydroxylation is 2. The number of aromatic nitrogens is 6. The number of hydrogen-bond acceptors (Lipinski definition) is 32. The minimum Gasteiger partial charge on any atom is -0.393 e. The highest BCUT2D eigenvalue weighted by molar-refractivity contribution is 7.84. The molecule has 128 heavy (non-hydrogen) atoms. The summed E-state index contributed by atoms with van der Waals surface area (Å²) in [7, 11) is 2.17. The predicted octanol–water partition coefficient (Wildman–Crippen LogP) is 8.45. The Hall–Kier alpha value is -6.58. The van der Waals surface area contributed by atoms with E-state index in [9.17, 15) is 52.0 Å². The highest BCUT2D eigenvalue weighted by Crippen LogP contribution is 2.51. The Kier molecular flexibility index (Phi) is 32.1. The third-order valence-electron chi connectivity index (χ3n) is 27.4. The Balaban J connectivity index is 0.000000132. The topological polar surface area (TPSA) is 454 Å². The molecule has 0 bridgehead atoms. The molecule has 13 aliphatic rings. The van der Waals surface area contributed by atoms with Gasteiger partial charge >= 0.3 is 20.7 Å². The van der Waals surface area contributed by atoms with Gasteiger partial charge in [0.1, 0.15) is 66.1 Å². The maximum atomic E-state index is 11.6. The molecule has 710 valence electrons. The number of fused-ring (bicyclic) bond motifs is 8. The van der Waals surface area contributed by atoms with E-state index in [1.807, 2.05) is 78.4 Å². The highest BCUT2D eigenvalue weighted by atomic mass is 32.3. The zero-order valence-electron chi connectivity index (χ0n) is 76.2. The van der Waals surface area contributed by atoms with Gasteiger partial charge in [-0.1, -0.05) is 76.2 Å². The summed E-state index contributed by atoms with van der Waals surface area (Å²) in [5, 5.41) is 63.9. The Morgan fingerprint density at radius 2 is 1.05 bits per heavy atom. The average molecular weight is 1830 g/mol. The van der Waals surface area contributed by atoms with E-state index in [0.717, 1.165) is 71.4 Å². The second-order valence-electron chi connectivity index (χ2n) is 37.9. The number of anilines is 2. The van der Waals surface area contributed by atoms with Gasteiger partial charge in [0, 0.05) is 105 Å². The lowest BCUT2D eigenvalue weighted by atomic mass is 9.87. The molecule has 0 radical (unpaired) electrons. The minimum atomic E-state index is -4.03. The number of carbonyl (C=O) groups excluding carboxylic acids is 2. The molecule has 4 saturated heterocycles. The molecule has 37 heteroatoms. The number of aliphatic hydroxyl groups excluding tert-OH is 5. The Morgan fingerprint density at radius 1 is 0.531 bits per heavy atom. The molecule has 0 spiro atoms. The first-order valence-corrected chi connectivity index (χ1v) is 47.3. The van der Waals surface area contributed by atoms with Crippen molar-refractivity contribution in [3.8, 4) is 0 Å². The number of nitrogens with zero attached hydrogens (tertiary/aromatic N) is 6. The van der Waals surface area contributed by atoms with Crippen molar-refractivity contribution in [1.29, 1.82) is 0 Å². The van der Waals surface area contributed by atoms with Crippen LogP contribution in [-0.2, 0) is 113 Å². The van der Waals surface area contributed by atoms with E-state index < -0.39 is 74.7 Å². The number of benzene rings is 2. The molecular weight excluding hydrogens is 1700 g/mol. The number of ketones is 2. The molecule has 35 nitrogen and oxygen atoms in total. The van der Waals surface area contributed by atoms with Gasteiger partial charge in [-0.05, 0) is 187 Å². The first-order chi connectivity index (χ1) is 60.7. The van der Waals surface area contributed by atoms with Crippen LogP contribution in [0.2, 0.25) is 0 Å². The van der Waals surface area contributed by atoms with Crippen LogP contribution in [0.4, 0.5) is 11.6 Å². The summed E-state index contributed by atoms with van der Waals surface area (Å²) in [6.07, 6.45) is 12.7. The lowest BCUT2D eigenvalue weighted by Gasteiger charge is -2.30. The molecule has 8 heterocycles. The molecule has 10 fully saturated rings. The maximum Gasteiger partial charge on any atom is 0.400 e. The van der Waals surface area contributed by atoms with Crippen LogP contribution in [0, 0.1) is 52.8 Å². The number of hydrogen-bond donors (Lipinski definition) is 8.